The molecule has 0 unspecified atom stereocenters. The second-order valence-corrected chi connectivity index (χ2v) is 8.38. The number of amides is 2. The number of carbonyl (C=O) groups excluding carboxylic acids is 1. The molecule has 0 radical (unpaired) electrons. The minimum atomic E-state index is -0.350. The molecule has 9 nitrogen and oxygen atoms in total. The number of aromatic nitrogens is 4. The number of hydrogen-bond acceptors (Lipinski definition) is 6. The quantitative estimate of drug-likeness (QED) is 0.558. The van der Waals surface area contributed by atoms with E-state index in [4.69, 9.17) is 4.52 Å². The first-order valence-electron chi connectivity index (χ1n) is 11.7. The Hall–Kier alpha value is -3.01. The number of nitrogens with one attached hydrogen (secondary N) is 1. The number of carbonyl (C=O) groups is 1. The highest BCUT2D eigenvalue weighted by Gasteiger charge is 2.26. The van der Waals surface area contributed by atoms with E-state index in [0.29, 0.717) is 24.4 Å². The predicted molar refractivity (Wildman–Crippen MR) is 123 cm³/mol. The van der Waals surface area contributed by atoms with E-state index < -0.39 is 0 Å². The number of para-hydroxylation sites is 1. The molecular weight excluding hydrogens is 425 g/mol. The molecule has 1 N–H and O–H groups in total. The first-order valence-corrected chi connectivity index (χ1v) is 11.7. The zero-order chi connectivity index (χ0) is 23.4. The highest BCUT2D eigenvalue weighted by molar-refractivity contribution is 5.83. The second kappa shape index (κ2) is 10.3. The Morgan fingerprint density at radius 2 is 2.09 bits per heavy atom. The van der Waals surface area contributed by atoms with E-state index in [9.17, 15) is 9.18 Å². The third kappa shape index (κ3) is 4.85. The van der Waals surface area contributed by atoms with E-state index in [1.165, 1.54) is 10.7 Å². The normalized spacial score (nSPS) is 15.3. The van der Waals surface area contributed by atoms with Gasteiger partial charge in [0.15, 0.2) is 0 Å². The number of fused-ring (bicyclic) bond motifs is 1. The van der Waals surface area contributed by atoms with Crippen LogP contribution in [0.4, 0.5) is 9.18 Å². The summed E-state index contributed by atoms with van der Waals surface area (Å²) >= 11 is 0. The summed E-state index contributed by atoms with van der Waals surface area (Å²) in [5, 5.41) is 12.1. The number of nitrogens with zero attached hydrogens (tertiary/aromatic N) is 6. The van der Waals surface area contributed by atoms with Crippen LogP contribution in [0, 0.1) is 5.82 Å². The lowest BCUT2D eigenvalue weighted by Crippen LogP contribution is -2.40. The van der Waals surface area contributed by atoms with Crippen molar-refractivity contribution in [3.05, 3.63) is 35.6 Å². The predicted octanol–water partition coefficient (Wildman–Crippen LogP) is 3.34. The standard InChI is InChI=1S/C23H32FN7O2/c1-4-19-17-8-6-9-18(24)20(17)31(27-19)22-26-21(33-28-22)16-10-14-29(15-11-16)12-7-13-30(5-2)23(32)25-3/h6,8-9,16H,4-5,7,10-15H2,1-3H3,(H,25,32). The number of halogens is 1. The zero-order valence-electron chi connectivity index (χ0n) is 19.6. The van der Waals surface area contributed by atoms with Gasteiger partial charge in [-0.05, 0) is 63.5 Å². The summed E-state index contributed by atoms with van der Waals surface area (Å²) in [6.45, 7) is 8.26. The van der Waals surface area contributed by atoms with Crippen molar-refractivity contribution in [2.24, 2.45) is 0 Å². The molecule has 1 aliphatic rings. The van der Waals surface area contributed by atoms with Gasteiger partial charge >= 0.3 is 6.03 Å². The smallest absolute Gasteiger partial charge is 0.317 e. The summed E-state index contributed by atoms with van der Waals surface area (Å²) in [7, 11) is 1.66. The number of piperidine rings is 1. The van der Waals surface area contributed by atoms with Gasteiger partial charge in [-0.1, -0.05) is 19.1 Å². The molecular formula is C23H32FN7O2. The molecule has 33 heavy (non-hydrogen) atoms. The molecule has 178 valence electrons. The Morgan fingerprint density at radius 1 is 1.30 bits per heavy atom. The Balaban J connectivity index is 1.36. The van der Waals surface area contributed by atoms with Gasteiger partial charge in [-0.3, -0.25) is 0 Å². The Morgan fingerprint density at radius 3 is 2.79 bits per heavy atom. The molecule has 2 aromatic heterocycles. The Kier molecular flexibility index (Phi) is 7.22. The Bertz CT molecular complexity index is 1090. The maximum atomic E-state index is 14.5. The van der Waals surface area contributed by atoms with Crippen LogP contribution in [0.1, 0.15) is 50.6 Å². The molecule has 0 atom stereocenters. The maximum absolute atomic E-state index is 14.5. The van der Waals surface area contributed by atoms with Gasteiger partial charge in [0.25, 0.3) is 5.95 Å². The van der Waals surface area contributed by atoms with Crippen LogP contribution in [0.3, 0.4) is 0 Å². The van der Waals surface area contributed by atoms with E-state index >= 15 is 0 Å². The second-order valence-electron chi connectivity index (χ2n) is 8.38. The van der Waals surface area contributed by atoms with Crippen molar-refractivity contribution in [3.63, 3.8) is 0 Å². The first-order chi connectivity index (χ1) is 16.0. The van der Waals surface area contributed by atoms with Crippen molar-refractivity contribution in [1.82, 2.24) is 35.0 Å². The van der Waals surface area contributed by atoms with Crippen LogP contribution >= 0.6 is 0 Å². The number of rotatable bonds is 8. The van der Waals surface area contributed by atoms with E-state index in [0.717, 1.165) is 56.5 Å². The monoisotopic (exact) mass is 457 g/mol. The van der Waals surface area contributed by atoms with E-state index in [2.05, 4.69) is 25.5 Å². The minimum absolute atomic E-state index is 0.0284. The van der Waals surface area contributed by atoms with Crippen molar-refractivity contribution in [3.8, 4) is 5.95 Å². The third-order valence-electron chi connectivity index (χ3n) is 6.41. The van der Waals surface area contributed by atoms with Crippen LogP contribution in [-0.4, -0.2) is 75.5 Å². The number of aryl methyl sites for hydroxylation is 1. The van der Waals surface area contributed by atoms with Crippen molar-refractivity contribution in [2.45, 2.75) is 45.4 Å². The summed E-state index contributed by atoms with van der Waals surface area (Å²) in [5.41, 5.74) is 1.19. The van der Waals surface area contributed by atoms with Crippen LogP contribution in [-0.2, 0) is 6.42 Å². The highest BCUT2D eigenvalue weighted by atomic mass is 19.1. The lowest BCUT2D eigenvalue weighted by molar-refractivity contribution is 0.177. The summed E-state index contributed by atoms with van der Waals surface area (Å²) in [4.78, 5) is 20.6. The lowest BCUT2D eigenvalue weighted by Gasteiger charge is -2.31. The number of urea groups is 1. The maximum Gasteiger partial charge on any atom is 0.317 e. The summed E-state index contributed by atoms with van der Waals surface area (Å²) in [5.74, 6) is 0.686. The van der Waals surface area contributed by atoms with Crippen LogP contribution in [0.2, 0.25) is 0 Å². The molecule has 1 saturated heterocycles. The van der Waals surface area contributed by atoms with Gasteiger partial charge in [0, 0.05) is 31.4 Å². The largest absolute Gasteiger partial charge is 0.341 e. The van der Waals surface area contributed by atoms with Crippen LogP contribution in [0.25, 0.3) is 16.9 Å². The number of likely N-dealkylation sites (tertiary alicyclic amines) is 1. The fraction of sp³-hybridized carbons (Fsp3) is 0.565. The van der Waals surface area contributed by atoms with Gasteiger partial charge in [0.05, 0.1) is 5.69 Å². The van der Waals surface area contributed by atoms with Crippen molar-refractivity contribution in [2.75, 3.05) is 39.8 Å². The summed E-state index contributed by atoms with van der Waals surface area (Å²) in [6.07, 6.45) is 3.47. The van der Waals surface area contributed by atoms with Crippen molar-refractivity contribution in [1.29, 1.82) is 0 Å². The fourth-order valence-corrected chi connectivity index (χ4v) is 4.52. The first kappa shape index (κ1) is 23.2. The van der Waals surface area contributed by atoms with Gasteiger partial charge in [0.1, 0.15) is 11.3 Å². The molecule has 3 heterocycles. The molecule has 1 fully saturated rings. The van der Waals surface area contributed by atoms with Gasteiger partial charge in [-0.25, -0.2) is 9.18 Å². The fourth-order valence-electron chi connectivity index (χ4n) is 4.52. The summed E-state index contributed by atoms with van der Waals surface area (Å²) in [6, 6.07) is 4.95. The molecule has 0 saturated carbocycles. The van der Waals surface area contributed by atoms with Crippen LogP contribution < -0.4 is 5.32 Å². The molecule has 2 amide bonds. The average molecular weight is 458 g/mol. The SMILES string of the molecule is CCc1nn(-c2noc(C3CCN(CCCN(CC)C(=O)NC)CC3)n2)c2c(F)cccc12. The van der Waals surface area contributed by atoms with Crippen molar-refractivity contribution >= 4 is 16.9 Å². The topological polar surface area (TPSA) is 92.3 Å². The van der Waals surface area contributed by atoms with E-state index in [-0.39, 0.29) is 23.7 Å². The number of hydrogen-bond donors (Lipinski definition) is 1. The van der Waals surface area contributed by atoms with Crippen molar-refractivity contribution < 1.29 is 13.7 Å². The molecule has 4 rings (SSSR count). The van der Waals surface area contributed by atoms with Gasteiger partial charge in [-0.2, -0.15) is 14.8 Å². The zero-order valence-corrected chi connectivity index (χ0v) is 19.6. The minimum Gasteiger partial charge on any atom is -0.341 e. The summed E-state index contributed by atoms with van der Waals surface area (Å²) < 4.78 is 21.6. The molecule has 0 spiro atoms. The molecule has 1 aliphatic heterocycles. The van der Waals surface area contributed by atoms with Crippen LogP contribution in [0.15, 0.2) is 22.7 Å². The third-order valence-corrected chi connectivity index (χ3v) is 6.41. The van der Waals surface area contributed by atoms with E-state index in [1.807, 2.05) is 24.8 Å². The Labute approximate surface area is 192 Å². The van der Waals surface area contributed by atoms with E-state index in [1.54, 1.807) is 13.1 Å². The average Bonchev–Trinajstić information content (AvgIpc) is 3.47. The van der Waals surface area contributed by atoms with Gasteiger partial charge in [-0.15, -0.1) is 0 Å². The molecule has 1 aromatic carbocycles. The van der Waals surface area contributed by atoms with Gasteiger partial charge in [0.2, 0.25) is 5.89 Å². The van der Waals surface area contributed by atoms with Crippen LogP contribution in [0.5, 0.6) is 0 Å². The lowest BCUT2D eigenvalue weighted by atomic mass is 9.96. The molecule has 0 aliphatic carbocycles. The highest BCUT2D eigenvalue weighted by Crippen LogP contribution is 2.29. The molecule has 3 aromatic rings. The number of benzene rings is 1. The molecule has 0 bridgehead atoms. The van der Waals surface area contributed by atoms with Gasteiger partial charge < -0.3 is 19.6 Å². The molecule has 10 heteroatoms.